The van der Waals surface area contributed by atoms with Crippen molar-refractivity contribution in [1.82, 2.24) is 14.9 Å². The normalized spacial score (nSPS) is 10.9. The van der Waals surface area contributed by atoms with Crippen LogP contribution in [0.3, 0.4) is 0 Å². The first kappa shape index (κ1) is 13.1. The SMILES string of the molecule is C(=Nn1cnnc1)c1ccc(OCc2ccccc2)cc1. The van der Waals surface area contributed by atoms with Crippen molar-refractivity contribution in [3.8, 4) is 5.75 Å². The van der Waals surface area contributed by atoms with Crippen molar-refractivity contribution in [2.24, 2.45) is 5.10 Å². The molecule has 0 atom stereocenters. The molecular weight excluding hydrogens is 264 g/mol. The summed E-state index contributed by atoms with van der Waals surface area (Å²) in [6, 6.07) is 17.8. The van der Waals surface area contributed by atoms with Crippen molar-refractivity contribution >= 4 is 6.21 Å². The Balaban J connectivity index is 1.59. The van der Waals surface area contributed by atoms with Gasteiger partial charge in [0, 0.05) is 0 Å². The summed E-state index contributed by atoms with van der Waals surface area (Å²) in [6.45, 7) is 0.564. The molecule has 104 valence electrons. The van der Waals surface area contributed by atoms with Crippen molar-refractivity contribution in [3.05, 3.63) is 78.4 Å². The van der Waals surface area contributed by atoms with Crippen LogP contribution in [0.25, 0.3) is 0 Å². The van der Waals surface area contributed by atoms with E-state index in [4.69, 9.17) is 4.74 Å². The minimum absolute atomic E-state index is 0.564. The highest BCUT2D eigenvalue weighted by atomic mass is 16.5. The number of ether oxygens (including phenoxy) is 1. The monoisotopic (exact) mass is 278 g/mol. The Kier molecular flexibility index (Phi) is 4.02. The third-order valence-electron chi connectivity index (χ3n) is 2.88. The average molecular weight is 278 g/mol. The molecule has 1 aromatic heterocycles. The van der Waals surface area contributed by atoms with E-state index in [-0.39, 0.29) is 0 Å². The molecule has 0 spiro atoms. The lowest BCUT2D eigenvalue weighted by atomic mass is 10.2. The van der Waals surface area contributed by atoms with Crippen molar-refractivity contribution in [2.45, 2.75) is 6.61 Å². The van der Waals surface area contributed by atoms with E-state index in [1.165, 1.54) is 12.7 Å². The fraction of sp³-hybridized carbons (Fsp3) is 0.0625. The van der Waals surface area contributed by atoms with Crippen LogP contribution in [0.4, 0.5) is 0 Å². The number of rotatable bonds is 5. The van der Waals surface area contributed by atoms with Gasteiger partial charge >= 0.3 is 0 Å². The summed E-state index contributed by atoms with van der Waals surface area (Å²) >= 11 is 0. The fourth-order valence-corrected chi connectivity index (χ4v) is 1.78. The van der Waals surface area contributed by atoms with Gasteiger partial charge in [0.05, 0.1) is 6.21 Å². The van der Waals surface area contributed by atoms with Gasteiger partial charge in [0.2, 0.25) is 0 Å². The lowest BCUT2D eigenvalue weighted by Crippen LogP contribution is -1.95. The van der Waals surface area contributed by atoms with Crippen molar-refractivity contribution in [1.29, 1.82) is 0 Å². The second-order valence-corrected chi connectivity index (χ2v) is 4.43. The Hall–Kier alpha value is -2.95. The smallest absolute Gasteiger partial charge is 0.141 e. The molecule has 0 aliphatic rings. The Labute approximate surface area is 122 Å². The summed E-state index contributed by atoms with van der Waals surface area (Å²) in [7, 11) is 0. The highest BCUT2D eigenvalue weighted by Crippen LogP contribution is 2.13. The van der Waals surface area contributed by atoms with E-state index in [0.29, 0.717) is 6.61 Å². The number of nitrogens with zero attached hydrogens (tertiary/aromatic N) is 4. The first-order valence-corrected chi connectivity index (χ1v) is 6.56. The molecule has 0 saturated heterocycles. The zero-order valence-corrected chi connectivity index (χ0v) is 11.3. The third kappa shape index (κ3) is 3.76. The van der Waals surface area contributed by atoms with Gasteiger partial charge in [-0.25, -0.2) is 4.68 Å². The maximum absolute atomic E-state index is 5.73. The number of benzene rings is 2. The molecule has 0 aliphatic carbocycles. The van der Waals surface area contributed by atoms with E-state index >= 15 is 0 Å². The highest BCUT2D eigenvalue weighted by molar-refractivity contribution is 5.79. The highest BCUT2D eigenvalue weighted by Gasteiger charge is 1.96. The molecule has 0 bridgehead atoms. The average Bonchev–Trinajstić information content (AvgIpc) is 3.06. The van der Waals surface area contributed by atoms with Gasteiger partial charge in [-0.3, -0.25) is 0 Å². The second-order valence-electron chi connectivity index (χ2n) is 4.43. The quantitative estimate of drug-likeness (QED) is 0.674. The molecule has 0 amide bonds. The molecule has 3 aromatic rings. The van der Waals surface area contributed by atoms with Crippen LogP contribution < -0.4 is 4.74 Å². The first-order valence-electron chi connectivity index (χ1n) is 6.56. The summed E-state index contributed by atoms with van der Waals surface area (Å²) in [6.07, 6.45) is 4.81. The van der Waals surface area contributed by atoms with Crippen LogP contribution in [0.5, 0.6) is 5.75 Å². The molecule has 0 N–H and O–H groups in total. The number of hydrogen-bond donors (Lipinski definition) is 0. The van der Waals surface area contributed by atoms with Crippen LogP contribution in [0.15, 0.2) is 72.4 Å². The fourth-order valence-electron chi connectivity index (χ4n) is 1.78. The van der Waals surface area contributed by atoms with Crippen LogP contribution in [-0.4, -0.2) is 21.1 Å². The van der Waals surface area contributed by atoms with Crippen molar-refractivity contribution < 1.29 is 4.74 Å². The van der Waals surface area contributed by atoms with Gasteiger partial charge in [0.25, 0.3) is 0 Å². The number of hydrogen-bond acceptors (Lipinski definition) is 4. The summed E-state index contributed by atoms with van der Waals surface area (Å²) in [4.78, 5) is 0. The minimum Gasteiger partial charge on any atom is -0.489 e. The Morgan fingerprint density at radius 2 is 1.67 bits per heavy atom. The van der Waals surface area contributed by atoms with Gasteiger partial charge in [-0.05, 0) is 35.4 Å². The molecule has 21 heavy (non-hydrogen) atoms. The largest absolute Gasteiger partial charge is 0.489 e. The van der Waals surface area contributed by atoms with E-state index < -0.39 is 0 Å². The van der Waals surface area contributed by atoms with Gasteiger partial charge < -0.3 is 4.74 Å². The predicted octanol–water partition coefficient (Wildman–Crippen LogP) is 2.74. The van der Waals surface area contributed by atoms with E-state index in [1.807, 2.05) is 54.6 Å². The summed E-state index contributed by atoms with van der Waals surface area (Å²) in [5.41, 5.74) is 2.13. The molecule has 5 nitrogen and oxygen atoms in total. The van der Waals surface area contributed by atoms with Crippen LogP contribution in [-0.2, 0) is 6.61 Å². The summed E-state index contributed by atoms with van der Waals surface area (Å²) in [5.74, 6) is 0.834. The van der Waals surface area contributed by atoms with Crippen LogP contribution >= 0.6 is 0 Å². The van der Waals surface area contributed by atoms with E-state index in [1.54, 1.807) is 10.9 Å². The Morgan fingerprint density at radius 3 is 2.38 bits per heavy atom. The van der Waals surface area contributed by atoms with Crippen LogP contribution in [0.1, 0.15) is 11.1 Å². The first-order chi connectivity index (χ1) is 10.4. The third-order valence-corrected chi connectivity index (χ3v) is 2.88. The van der Waals surface area contributed by atoms with Gasteiger partial charge in [0.15, 0.2) is 0 Å². The maximum atomic E-state index is 5.73. The lowest BCUT2D eigenvalue weighted by Gasteiger charge is -2.06. The standard InChI is InChI=1S/C16H14N4O/c1-2-4-15(5-3-1)11-21-16-8-6-14(7-9-16)10-19-20-12-17-18-13-20/h1-10,12-13H,11H2. The minimum atomic E-state index is 0.564. The lowest BCUT2D eigenvalue weighted by molar-refractivity contribution is 0.306. The Bertz CT molecular complexity index is 691. The summed E-state index contributed by atoms with van der Waals surface area (Å²) in [5, 5.41) is 11.5. The molecular formula is C16H14N4O. The van der Waals surface area contributed by atoms with Crippen LogP contribution in [0, 0.1) is 0 Å². The molecule has 0 radical (unpaired) electrons. The van der Waals surface area contributed by atoms with Gasteiger partial charge in [-0.1, -0.05) is 30.3 Å². The summed E-state index contributed by atoms with van der Waals surface area (Å²) < 4.78 is 7.27. The Morgan fingerprint density at radius 1 is 0.952 bits per heavy atom. The second kappa shape index (κ2) is 6.47. The zero-order chi connectivity index (χ0) is 14.3. The van der Waals surface area contributed by atoms with Gasteiger partial charge in [-0.15, -0.1) is 10.2 Å². The van der Waals surface area contributed by atoms with Crippen molar-refractivity contribution in [2.75, 3.05) is 0 Å². The molecule has 3 rings (SSSR count). The number of aromatic nitrogens is 3. The molecule has 0 unspecified atom stereocenters. The van der Waals surface area contributed by atoms with E-state index in [0.717, 1.165) is 16.9 Å². The van der Waals surface area contributed by atoms with Gasteiger partial charge in [-0.2, -0.15) is 5.10 Å². The molecule has 5 heteroatoms. The molecule has 1 heterocycles. The van der Waals surface area contributed by atoms with E-state index in [2.05, 4.69) is 15.3 Å². The topological polar surface area (TPSA) is 52.3 Å². The van der Waals surface area contributed by atoms with E-state index in [9.17, 15) is 0 Å². The maximum Gasteiger partial charge on any atom is 0.141 e. The predicted molar refractivity (Wildman–Crippen MR) is 80.2 cm³/mol. The molecule has 0 saturated carbocycles. The molecule has 0 aliphatic heterocycles. The molecule has 0 fully saturated rings. The molecule has 2 aromatic carbocycles. The van der Waals surface area contributed by atoms with Crippen molar-refractivity contribution in [3.63, 3.8) is 0 Å². The van der Waals surface area contributed by atoms with Gasteiger partial charge in [0.1, 0.15) is 25.0 Å². The van der Waals surface area contributed by atoms with Crippen LogP contribution in [0.2, 0.25) is 0 Å². The zero-order valence-electron chi connectivity index (χ0n) is 11.3.